The van der Waals surface area contributed by atoms with E-state index in [1.165, 1.54) is 12.1 Å². The summed E-state index contributed by atoms with van der Waals surface area (Å²) in [7, 11) is 0. The number of hydrogen-bond donors (Lipinski definition) is 2. The van der Waals surface area contributed by atoms with Gasteiger partial charge in [-0.2, -0.15) is 13.2 Å². The lowest BCUT2D eigenvalue weighted by Gasteiger charge is -2.09. The van der Waals surface area contributed by atoms with Crippen molar-refractivity contribution in [1.29, 1.82) is 0 Å². The van der Waals surface area contributed by atoms with E-state index in [2.05, 4.69) is 15.6 Å². The molecule has 1 aromatic rings. The first kappa shape index (κ1) is 16.0. The van der Waals surface area contributed by atoms with Crippen LogP contribution in [0.15, 0.2) is 12.1 Å². The van der Waals surface area contributed by atoms with Crippen molar-refractivity contribution in [3.8, 4) is 0 Å². The van der Waals surface area contributed by atoms with Crippen molar-refractivity contribution in [2.75, 3.05) is 23.7 Å². The third-order valence-corrected chi connectivity index (χ3v) is 2.36. The van der Waals surface area contributed by atoms with Gasteiger partial charge in [0.1, 0.15) is 5.82 Å². The first-order valence-electron chi connectivity index (χ1n) is 6.03. The molecular weight excluding hydrogens is 277 g/mol. The largest absolute Gasteiger partial charge is 0.389 e. The van der Waals surface area contributed by atoms with Crippen LogP contribution in [0.5, 0.6) is 0 Å². The van der Waals surface area contributed by atoms with Crippen molar-refractivity contribution < 1.29 is 18.1 Å². The highest BCUT2D eigenvalue weighted by Crippen LogP contribution is 2.25. The Kier molecular flexibility index (Phi) is 5.53. The second-order valence-corrected chi connectivity index (χ2v) is 4.00. The fourth-order valence-electron chi connectivity index (χ4n) is 1.50. The summed E-state index contributed by atoms with van der Waals surface area (Å²) in [5.41, 5.74) is -0.265. The monoisotopic (exact) mass is 292 g/mol. The highest BCUT2D eigenvalue weighted by Gasteiger charge is 2.26. The number of nitro groups is 1. The summed E-state index contributed by atoms with van der Waals surface area (Å²) in [4.78, 5) is 14.2. The topological polar surface area (TPSA) is 80.1 Å². The highest BCUT2D eigenvalue weighted by molar-refractivity contribution is 5.60. The number of alkyl halides is 3. The summed E-state index contributed by atoms with van der Waals surface area (Å²) in [5, 5.41) is 16.3. The Hall–Kier alpha value is -2.06. The number of anilines is 2. The van der Waals surface area contributed by atoms with Crippen molar-refractivity contribution in [1.82, 2.24) is 4.98 Å². The third kappa shape index (κ3) is 5.29. The molecular formula is C11H15F3N4O2. The maximum absolute atomic E-state index is 12.0. The molecule has 0 aliphatic carbocycles. The van der Waals surface area contributed by atoms with E-state index in [4.69, 9.17) is 0 Å². The smallest absolute Gasteiger partial charge is 0.370 e. The Balaban J connectivity index is 2.70. The SMILES string of the molecule is CCNc1ccc([N+](=O)[O-])c(NCCCC(F)(F)F)n1. The number of hydrogen-bond acceptors (Lipinski definition) is 5. The molecule has 0 bridgehead atoms. The van der Waals surface area contributed by atoms with E-state index < -0.39 is 17.5 Å². The number of rotatable bonds is 7. The maximum Gasteiger partial charge on any atom is 0.389 e. The molecule has 6 nitrogen and oxygen atoms in total. The highest BCUT2D eigenvalue weighted by atomic mass is 19.4. The lowest BCUT2D eigenvalue weighted by Crippen LogP contribution is -2.12. The second kappa shape index (κ2) is 6.92. The summed E-state index contributed by atoms with van der Waals surface area (Å²) in [6.07, 6.45) is -5.35. The lowest BCUT2D eigenvalue weighted by molar-refractivity contribution is -0.384. The quantitative estimate of drug-likeness (QED) is 0.458. The number of nitrogens with zero attached hydrogens (tertiary/aromatic N) is 2. The molecule has 1 rings (SSSR count). The number of halogens is 3. The van der Waals surface area contributed by atoms with Gasteiger partial charge < -0.3 is 10.6 Å². The van der Waals surface area contributed by atoms with Crippen molar-refractivity contribution in [2.24, 2.45) is 0 Å². The normalized spacial score (nSPS) is 11.2. The van der Waals surface area contributed by atoms with Crippen molar-refractivity contribution in [3.05, 3.63) is 22.2 Å². The van der Waals surface area contributed by atoms with Crippen LogP contribution in [0, 0.1) is 10.1 Å². The number of nitrogens with one attached hydrogen (secondary N) is 2. The number of pyridine rings is 1. The Morgan fingerprint density at radius 1 is 1.35 bits per heavy atom. The van der Waals surface area contributed by atoms with Crippen LogP contribution in [0.2, 0.25) is 0 Å². The van der Waals surface area contributed by atoms with Gasteiger partial charge in [0.25, 0.3) is 0 Å². The fraction of sp³-hybridized carbons (Fsp3) is 0.545. The molecule has 0 spiro atoms. The predicted octanol–water partition coefficient (Wildman–Crippen LogP) is 3.18. The minimum Gasteiger partial charge on any atom is -0.370 e. The van der Waals surface area contributed by atoms with Crippen LogP contribution < -0.4 is 10.6 Å². The average molecular weight is 292 g/mol. The predicted molar refractivity (Wildman–Crippen MR) is 68.8 cm³/mol. The molecule has 0 atom stereocenters. The summed E-state index contributed by atoms with van der Waals surface area (Å²) in [6, 6.07) is 2.71. The van der Waals surface area contributed by atoms with E-state index in [9.17, 15) is 23.3 Å². The minimum absolute atomic E-state index is 0.0318. The second-order valence-electron chi connectivity index (χ2n) is 4.00. The van der Waals surface area contributed by atoms with Gasteiger partial charge in [0.05, 0.1) is 4.92 Å². The summed E-state index contributed by atoms with van der Waals surface area (Å²) in [6.45, 7) is 2.38. The molecule has 0 fully saturated rings. The van der Waals surface area contributed by atoms with Crippen molar-refractivity contribution in [2.45, 2.75) is 25.9 Å². The first-order valence-corrected chi connectivity index (χ1v) is 6.03. The molecule has 0 aromatic carbocycles. The Bertz CT molecular complexity index is 465. The summed E-state index contributed by atoms with van der Waals surface area (Å²) >= 11 is 0. The molecule has 112 valence electrons. The van der Waals surface area contributed by atoms with Crippen LogP contribution in [0.1, 0.15) is 19.8 Å². The van der Waals surface area contributed by atoms with Crippen molar-refractivity contribution in [3.63, 3.8) is 0 Å². The van der Waals surface area contributed by atoms with Crippen LogP contribution in [0.3, 0.4) is 0 Å². The molecule has 1 aromatic heterocycles. The zero-order chi connectivity index (χ0) is 15.2. The zero-order valence-corrected chi connectivity index (χ0v) is 10.8. The van der Waals surface area contributed by atoms with E-state index in [1.54, 1.807) is 0 Å². The van der Waals surface area contributed by atoms with Gasteiger partial charge in [-0.1, -0.05) is 0 Å². The van der Waals surface area contributed by atoms with Gasteiger partial charge in [-0.15, -0.1) is 0 Å². The van der Waals surface area contributed by atoms with Gasteiger partial charge in [-0.3, -0.25) is 10.1 Å². The molecule has 2 N–H and O–H groups in total. The molecule has 0 saturated heterocycles. The molecule has 0 radical (unpaired) electrons. The Morgan fingerprint density at radius 3 is 2.60 bits per heavy atom. The van der Waals surface area contributed by atoms with Crippen molar-refractivity contribution >= 4 is 17.3 Å². The van der Waals surface area contributed by atoms with Gasteiger partial charge in [0.15, 0.2) is 0 Å². The van der Waals surface area contributed by atoms with E-state index in [0.29, 0.717) is 12.4 Å². The standard InChI is InChI=1S/C11H15F3N4O2/c1-2-15-9-5-4-8(18(19)20)10(17-9)16-7-3-6-11(12,13)14/h4-5H,2-3,6-7H2,1H3,(H2,15,16,17). The van der Waals surface area contributed by atoms with Gasteiger partial charge >= 0.3 is 11.9 Å². The van der Waals surface area contributed by atoms with Crippen LogP contribution >= 0.6 is 0 Å². The molecule has 0 saturated carbocycles. The molecule has 0 amide bonds. The Labute approximate surface area is 113 Å². The molecule has 1 heterocycles. The van der Waals surface area contributed by atoms with E-state index in [-0.39, 0.29) is 24.5 Å². The van der Waals surface area contributed by atoms with Gasteiger partial charge in [0, 0.05) is 25.6 Å². The third-order valence-electron chi connectivity index (χ3n) is 2.36. The Morgan fingerprint density at radius 2 is 2.05 bits per heavy atom. The van der Waals surface area contributed by atoms with Crippen LogP contribution in [0.4, 0.5) is 30.5 Å². The van der Waals surface area contributed by atoms with Crippen LogP contribution in [-0.2, 0) is 0 Å². The summed E-state index contributed by atoms with van der Waals surface area (Å²) < 4.78 is 36.0. The number of aromatic nitrogens is 1. The molecule has 0 aliphatic rings. The maximum atomic E-state index is 12.0. The fourth-order valence-corrected chi connectivity index (χ4v) is 1.50. The van der Waals surface area contributed by atoms with E-state index >= 15 is 0 Å². The molecule has 9 heteroatoms. The molecule has 0 aliphatic heterocycles. The van der Waals surface area contributed by atoms with E-state index in [0.717, 1.165) is 0 Å². The molecule has 0 unspecified atom stereocenters. The average Bonchev–Trinajstić information content (AvgIpc) is 2.34. The summed E-state index contributed by atoms with van der Waals surface area (Å²) in [5.74, 6) is 0.395. The van der Waals surface area contributed by atoms with Crippen LogP contribution in [0.25, 0.3) is 0 Å². The minimum atomic E-state index is -4.23. The lowest BCUT2D eigenvalue weighted by atomic mass is 10.3. The van der Waals surface area contributed by atoms with Crippen LogP contribution in [-0.4, -0.2) is 29.2 Å². The molecule has 20 heavy (non-hydrogen) atoms. The zero-order valence-electron chi connectivity index (χ0n) is 10.8. The van der Waals surface area contributed by atoms with Gasteiger partial charge in [-0.05, 0) is 19.4 Å². The van der Waals surface area contributed by atoms with Gasteiger partial charge in [-0.25, -0.2) is 4.98 Å². The van der Waals surface area contributed by atoms with Gasteiger partial charge in [0.2, 0.25) is 5.82 Å². The van der Waals surface area contributed by atoms with E-state index in [1.807, 2.05) is 6.92 Å². The first-order chi connectivity index (χ1) is 9.33.